The Labute approximate surface area is 134 Å². The summed E-state index contributed by atoms with van der Waals surface area (Å²) in [5.74, 6) is 0.551. The molecule has 0 bridgehead atoms. The molecule has 0 amide bonds. The fourth-order valence-electron chi connectivity index (χ4n) is 2.11. The van der Waals surface area contributed by atoms with E-state index in [0.29, 0.717) is 23.2 Å². The molecule has 1 aliphatic rings. The zero-order chi connectivity index (χ0) is 14.8. The Bertz CT molecular complexity index is 755. The number of aromatic amines is 1. The van der Waals surface area contributed by atoms with Crippen LogP contribution >= 0.6 is 27.7 Å². The van der Waals surface area contributed by atoms with Crippen LogP contribution in [0.4, 0.5) is 11.5 Å². The summed E-state index contributed by atoms with van der Waals surface area (Å²) in [6.45, 7) is 0.701. The SMILES string of the molecule is CSc1nc2c(c(=O)[nH]1)N=C(c1ccc(Br)cc1)CCN2. The summed E-state index contributed by atoms with van der Waals surface area (Å²) in [5, 5.41) is 3.77. The van der Waals surface area contributed by atoms with Gasteiger partial charge in [0.05, 0.1) is 5.71 Å². The van der Waals surface area contributed by atoms with Crippen LogP contribution in [0.25, 0.3) is 0 Å². The second-order valence-corrected chi connectivity index (χ2v) is 6.23. The largest absolute Gasteiger partial charge is 0.368 e. The van der Waals surface area contributed by atoms with Crippen molar-refractivity contribution in [1.29, 1.82) is 0 Å². The number of hydrogen-bond acceptors (Lipinski definition) is 5. The minimum atomic E-state index is -0.214. The summed E-state index contributed by atoms with van der Waals surface area (Å²) in [6, 6.07) is 7.92. The Hall–Kier alpha value is -1.60. The molecule has 0 aliphatic carbocycles. The van der Waals surface area contributed by atoms with Crippen LogP contribution in [0.3, 0.4) is 0 Å². The van der Waals surface area contributed by atoms with Gasteiger partial charge in [-0.3, -0.25) is 9.78 Å². The van der Waals surface area contributed by atoms with Crippen molar-refractivity contribution < 1.29 is 0 Å². The summed E-state index contributed by atoms with van der Waals surface area (Å²) < 4.78 is 1.02. The molecular weight excluding hydrogens is 352 g/mol. The number of anilines is 1. The van der Waals surface area contributed by atoms with Gasteiger partial charge in [0.1, 0.15) is 0 Å². The van der Waals surface area contributed by atoms with Crippen molar-refractivity contribution in [2.75, 3.05) is 18.1 Å². The van der Waals surface area contributed by atoms with Gasteiger partial charge in [-0.05, 0) is 24.0 Å². The molecule has 21 heavy (non-hydrogen) atoms. The Kier molecular flexibility index (Phi) is 4.12. The number of rotatable bonds is 2. The number of halogens is 1. The molecule has 5 nitrogen and oxygen atoms in total. The van der Waals surface area contributed by atoms with Crippen LogP contribution in [-0.4, -0.2) is 28.5 Å². The van der Waals surface area contributed by atoms with Gasteiger partial charge in [0.2, 0.25) is 0 Å². The average molecular weight is 365 g/mol. The van der Waals surface area contributed by atoms with Crippen LogP contribution in [0.5, 0.6) is 0 Å². The lowest BCUT2D eigenvalue weighted by molar-refractivity contribution is 0.935. The standard InChI is InChI=1S/C14H13BrN4OS/c1-21-14-18-12-11(13(20)19-14)17-10(6-7-16-12)8-2-4-9(15)5-3-8/h2-5H,6-7H2,1H3,(H2,16,18,19,20). The molecule has 0 saturated carbocycles. The zero-order valence-electron chi connectivity index (χ0n) is 11.3. The molecular formula is C14H13BrN4OS. The van der Waals surface area contributed by atoms with Crippen LogP contribution in [0, 0.1) is 0 Å². The molecule has 2 aromatic rings. The van der Waals surface area contributed by atoms with Gasteiger partial charge >= 0.3 is 0 Å². The van der Waals surface area contributed by atoms with E-state index in [2.05, 4.69) is 36.2 Å². The molecule has 1 aromatic heterocycles. The maximum atomic E-state index is 12.2. The number of aromatic nitrogens is 2. The number of benzene rings is 1. The second-order valence-electron chi connectivity index (χ2n) is 4.51. The third-order valence-electron chi connectivity index (χ3n) is 3.14. The van der Waals surface area contributed by atoms with E-state index in [-0.39, 0.29) is 5.56 Å². The van der Waals surface area contributed by atoms with Crippen molar-refractivity contribution in [2.45, 2.75) is 11.6 Å². The topological polar surface area (TPSA) is 70.1 Å². The Morgan fingerprint density at radius 2 is 2.05 bits per heavy atom. The molecule has 0 fully saturated rings. The van der Waals surface area contributed by atoms with Gasteiger partial charge in [-0.15, -0.1) is 0 Å². The van der Waals surface area contributed by atoms with E-state index in [1.165, 1.54) is 11.8 Å². The monoisotopic (exact) mass is 364 g/mol. The number of fused-ring (bicyclic) bond motifs is 1. The first kappa shape index (κ1) is 14.3. The number of H-pyrrole nitrogens is 1. The smallest absolute Gasteiger partial charge is 0.279 e. The molecule has 3 rings (SSSR count). The van der Waals surface area contributed by atoms with Gasteiger partial charge in [-0.2, -0.15) is 0 Å². The first-order valence-electron chi connectivity index (χ1n) is 6.43. The first-order chi connectivity index (χ1) is 10.2. The van der Waals surface area contributed by atoms with Crippen molar-refractivity contribution in [1.82, 2.24) is 9.97 Å². The van der Waals surface area contributed by atoms with Crippen molar-refractivity contribution in [3.05, 3.63) is 44.7 Å². The molecule has 108 valence electrons. The molecule has 0 spiro atoms. The quantitative estimate of drug-likeness (QED) is 0.634. The molecule has 2 heterocycles. The normalized spacial score (nSPS) is 13.9. The van der Waals surface area contributed by atoms with Crippen LogP contribution in [0.15, 0.2) is 43.7 Å². The summed E-state index contributed by atoms with van der Waals surface area (Å²) in [4.78, 5) is 23.8. The van der Waals surface area contributed by atoms with Crippen molar-refractivity contribution in [3.63, 3.8) is 0 Å². The summed E-state index contributed by atoms with van der Waals surface area (Å²) in [7, 11) is 0. The maximum Gasteiger partial charge on any atom is 0.279 e. The van der Waals surface area contributed by atoms with Gasteiger partial charge in [-0.25, -0.2) is 9.98 Å². The highest BCUT2D eigenvalue weighted by Crippen LogP contribution is 2.24. The molecule has 0 saturated heterocycles. The van der Waals surface area contributed by atoms with Crippen LogP contribution in [0.2, 0.25) is 0 Å². The number of nitrogens with zero attached hydrogens (tertiary/aromatic N) is 2. The molecule has 0 radical (unpaired) electrons. The summed E-state index contributed by atoms with van der Waals surface area (Å²) in [5.41, 5.74) is 2.04. The lowest BCUT2D eigenvalue weighted by Crippen LogP contribution is -2.12. The summed E-state index contributed by atoms with van der Waals surface area (Å²) in [6.07, 6.45) is 2.62. The fourth-order valence-corrected chi connectivity index (χ4v) is 2.75. The molecule has 0 atom stereocenters. The van der Waals surface area contributed by atoms with Crippen LogP contribution in [0.1, 0.15) is 12.0 Å². The highest BCUT2D eigenvalue weighted by Gasteiger charge is 2.16. The van der Waals surface area contributed by atoms with E-state index < -0.39 is 0 Å². The zero-order valence-corrected chi connectivity index (χ0v) is 13.7. The van der Waals surface area contributed by atoms with Gasteiger partial charge < -0.3 is 5.32 Å². The average Bonchev–Trinajstić information content (AvgIpc) is 2.70. The molecule has 1 aliphatic heterocycles. The Morgan fingerprint density at radius 1 is 1.29 bits per heavy atom. The predicted molar refractivity (Wildman–Crippen MR) is 90.1 cm³/mol. The molecule has 0 unspecified atom stereocenters. The predicted octanol–water partition coefficient (Wildman–Crippen LogP) is 3.19. The maximum absolute atomic E-state index is 12.2. The third-order valence-corrected chi connectivity index (χ3v) is 4.25. The minimum Gasteiger partial charge on any atom is -0.368 e. The number of thioether (sulfide) groups is 1. The number of hydrogen-bond donors (Lipinski definition) is 2. The van der Waals surface area contributed by atoms with Crippen molar-refractivity contribution in [3.8, 4) is 0 Å². The number of nitrogens with one attached hydrogen (secondary N) is 2. The van der Waals surface area contributed by atoms with E-state index in [1.807, 2.05) is 30.5 Å². The van der Waals surface area contributed by atoms with Crippen molar-refractivity contribution in [2.24, 2.45) is 4.99 Å². The third kappa shape index (κ3) is 3.03. The molecule has 7 heteroatoms. The lowest BCUT2D eigenvalue weighted by atomic mass is 10.1. The fraction of sp³-hybridized carbons (Fsp3) is 0.214. The van der Waals surface area contributed by atoms with Gasteiger partial charge in [0.15, 0.2) is 16.7 Å². The van der Waals surface area contributed by atoms with Crippen LogP contribution in [-0.2, 0) is 0 Å². The van der Waals surface area contributed by atoms with E-state index in [4.69, 9.17) is 0 Å². The van der Waals surface area contributed by atoms with Gasteiger partial charge in [0, 0.05) is 17.4 Å². The summed E-state index contributed by atoms with van der Waals surface area (Å²) >= 11 is 4.82. The van der Waals surface area contributed by atoms with Gasteiger partial charge in [-0.1, -0.05) is 39.8 Å². The van der Waals surface area contributed by atoms with E-state index in [0.717, 1.165) is 22.2 Å². The Morgan fingerprint density at radius 3 is 2.76 bits per heavy atom. The second kappa shape index (κ2) is 6.03. The Balaban J connectivity index is 2.09. The first-order valence-corrected chi connectivity index (χ1v) is 8.45. The van der Waals surface area contributed by atoms with Crippen molar-refractivity contribution >= 4 is 44.9 Å². The van der Waals surface area contributed by atoms with E-state index >= 15 is 0 Å². The highest BCUT2D eigenvalue weighted by molar-refractivity contribution is 9.10. The highest BCUT2D eigenvalue weighted by atomic mass is 79.9. The minimum absolute atomic E-state index is 0.214. The lowest BCUT2D eigenvalue weighted by Gasteiger charge is -2.04. The molecule has 2 N–H and O–H groups in total. The molecule has 1 aromatic carbocycles. The van der Waals surface area contributed by atoms with Gasteiger partial charge in [0.25, 0.3) is 5.56 Å². The number of aliphatic imine (C=N–C) groups is 1. The van der Waals surface area contributed by atoms with Crippen LogP contribution < -0.4 is 10.9 Å². The van der Waals surface area contributed by atoms with E-state index in [9.17, 15) is 4.79 Å². The van der Waals surface area contributed by atoms with E-state index in [1.54, 1.807) is 0 Å².